The molecule has 7 nitrogen and oxygen atoms in total. The second kappa shape index (κ2) is 9.70. The fourth-order valence-electron chi connectivity index (χ4n) is 3.39. The Labute approximate surface area is 185 Å². The number of ether oxygens (including phenoxy) is 1. The second-order valence-corrected chi connectivity index (χ2v) is 7.17. The third kappa shape index (κ3) is 5.07. The first-order valence-electron chi connectivity index (χ1n) is 10.1. The molecule has 2 aromatic heterocycles. The normalized spacial score (nSPS) is 11.5. The van der Waals surface area contributed by atoms with Crippen LogP contribution in [0.3, 0.4) is 0 Å². The third-order valence-electron chi connectivity index (χ3n) is 4.95. The van der Waals surface area contributed by atoms with Crippen LogP contribution in [-0.2, 0) is 6.42 Å². The number of carbonyl (C=O) groups is 1. The number of methoxy groups -OCH3 is 1. The standard InChI is InChI=1S/C25H22N4O3/c1-32-20-11-7-10-18(14-20)25(31)28-22(17-8-3-2-4-9-17)15-19-16-23(30)29-24(27-19)21-12-5-6-13-26-21/h2-14,16,22H,15H2,1H3,(H,28,31)(H,27,29,30)/t22-/m0/s1. The molecule has 2 heterocycles. The summed E-state index contributed by atoms with van der Waals surface area (Å²) < 4.78 is 5.22. The van der Waals surface area contributed by atoms with Crippen LogP contribution in [0.15, 0.2) is 89.9 Å². The summed E-state index contributed by atoms with van der Waals surface area (Å²) in [5, 5.41) is 3.07. The molecule has 4 rings (SSSR count). The van der Waals surface area contributed by atoms with Crippen molar-refractivity contribution in [2.24, 2.45) is 0 Å². The molecule has 0 spiro atoms. The zero-order valence-corrected chi connectivity index (χ0v) is 17.5. The van der Waals surface area contributed by atoms with Crippen molar-refractivity contribution in [1.29, 1.82) is 0 Å². The second-order valence-electron chi connectivity index (χ2n) is 7.17. The van der Waals surface area contributed by atoms with E-state index in [1.807, 2.05) is 36.4 Å². The molecule has 0 aliphatic rings. The largest absolute Gasteiger partial charge is 0.497 e. The van der Waals surface area contributed by atoms with Crippen molar-refractivity contribution >= 4 is 5.91 Å². The van der Waals surface area contributed by atoms with E-state index in [1.54, 1.807) is 49.7 Å². The Balaban J connectivity index is 1.64. The van der Waals surface area contributed by atoms with Gasteiger partial charge in [-0.2, -0.15) is 0 Å². The molecule has 0 saturated carbocycles. The van der Waals surface area contributed by atoms with E-state index in [4.69, 9.17) is 4.74 Å². The van der Waals surface area contributed by atoms with Crippen molar-refractivity contribution in [1.82, 2.24) is 20.3 Å². The molecule has 7 heteroatoms. The first-order chi connectivity index (χ1) is 15.6. The molecule has 1 atom stereocenters. The van der Waals surface area contributed by atoms with Crippen molar-refractivity contribution in [3.63, 3.8) is 0 Å². The Kier molecular flexibility index (Phi) is 6.36. The van der Waals surface area contributed by atoms with Crippen LogP contribution in [0.4, 0.5) is 0 Å². The molecule has 0 saturated heterocycles. The number of nitrogens with one attached hydrogen (secondary N) is 2. The van der Waals surface area contributed by atoms with E-state index >= 15 is 0 Å². The molecule has 0 bridgehead atoms. The number of amides is 1. The Morgan fingerprint density at radius 2 is 1.84 bits per heavy atom. The van der Waals surface area contributed by atoms with Crippen LogP contribution in [0.1, 0.15) is 27.7 Å². The zero-order chi connectivity index (χ0) is 22.3. The highest BCUT2D eigenvalue weighted by Crippen LogP contribution is 2.20. The summed E-state index contributed by atoms with van der Waals surface area (Å²) in [6.07, 6.45) is 1.98. The van der Waals surface area contributed by atoms with Gasteiger partial charge < -0.3 is 15.0 Å². The minimum atomic E-state index is -0.388. The van der Waals surface area contributed by atoms with Gasteiger partial charge in [0.15, 0.2) is 5.82 Å². The maximum Gasteiger partial charge on any atom is 0.251 e. The minimum absolute atomic E-state index is 0.243. The summed E-state index contributed by atoms with van der Waals surface area (Å²) in [5.41, 5.74) is 2.24. The smallest absolute Gasteiger partial charge is 0.251 e. The van der Waals surface area contributed by atoms with E-state index in [0.717, 1.165) is 5.56 Å². The lowest BCUT2D eigenvalue weighted by Crippen LogP contribution is -2.30. The van der Waals surface area contributed by atoms with Crippen LogP contribution >= 0.6 is 0 Å². The number of rotatable bonds is 7. The number of aromatic nitrogens is 3. The molecule has 0 aliphatic carbocycles. The van der Waals surface area contributed by atoms with Crippen LogP contribution in [0.5, 0.6) is 5.75 Å². The number of benzene rings is 2. The number of hydrogen-bond donors (Lipinski definition) is 2. The molecular formula is C25H22N4O3. The molecule has 2 aromatic carbocycles. The van der Waals surface area contributed by atoms with Gasteiger partial charge in [-0.1, -0.05) is 42.5 Å². The van der Waals surface area contributed by atoms with Gasteiger partial charge in [-0.05, 0) is 35.9 Å². The number of hydrogen-bond acceptors (Lipinski definition) is 5. The lowest BCUT2D eigenvalue weighted by molar-refractivity contribution is 0.0936. The lowest BCUT2D eigenvalue weighted by Gasteiger charge is -2.19. The maximum absolute atomic E-state index is 13.0. The predicted molar refractivity (Wildman–Crippen MR) is 121 cm³/mol. The molecule has 32 heavy (non-hydrogen) atoms. The zero-order valence-electron chi connectivity index (χ0n) is 17.5. The lowest BCUT2D eigenvalue weighted by atomic mass is 10.0. The molecule has 2 N–H and O–H groups in total. The molecular weight excluding hydrogens is 404 g/mol. The molecule has 160 valence electrons. The quantitative estimate of drug-likeness (QED) is 0.471. The third-order valence-corrected chi connectivity index (χ3v) is 4.95. The van der Waals surface area contributed by atoms with E-state index in [-0.39, 0.29) is 17.5 Å². The Hall–Kier alpha value is -4.26. The van der Waals surface area contributed by atoms with E-state index in [1.165, 1.54) is 6.07 Å². The van der Waals surface area contributed by atoms with Gasteiger partial charge in [-0.15, -0.1) is 0 Å². The van der Waals surface area contributed by atoms with Gasteiger partial charge in [-0.25, -0.2) is 4.98 Å². The highest BCUT2D eigenvalue weighted by molar-refractivity contribution is 5.94. The number of carbonyl (C=O) groups excluding carboxylic acids is 1. The highest BCUT2D eigenvalue weighted by atomic mass is 16.5. The van der Waals surface area contributed by atoms with Crippen LogP contribution in [0, 0.1) is 0 Å². The molecule has 1 amide bonds. The summed E-state index contributed by atoms with van der Waals surface area (Å²) in [6, 6.07) is 23.0. The summed E-state index contributed by atoms with van der Waals surface area (Å²) >= 11 is 0. The van der Waals surface area contributed by atoms with E-state index in [2.05, 4.69) is 20.3 Å². The predicted octanol–water partition coefficient (Wildman–Crippen LogP) is 3.55. The summed E-state index contributed by atoms with van der Waals surface area (Å²) in [5.74, 6) is 0.747. The van der Waals surface area contributed by atoms with E-state index < -0.39 is 0 Å². The average molecular weight is 426 g/mol. The number of aromatic amines is 1. The SMILES string of the molecule is COc1cccc(C(=O)N[C@@H](Cc2cc(=O)[nH]c(-c3ccccn3)n2)c2ccccc2)c1. The number of nitrogens with zero attached hydrogens (tertiary/aromatic N) is 2. The summed E-state index contributed by atoms with van der Waals surface area (Å²) in [7, 11) is 1.56. The van der Waals surface area contributed by atoms with Gasteiger partial charge in [0.1, 0.15) is 11.4 Å². The average Bonchev–Trinajstić information content (AvgIpc) is 2.84. The Morgan fingerprint density at radius 1 is 1.03 bits per heavy atom. The maximum atomic E-state index is 13.0. The van der Waals surface area contributed by atoms with Gasteiger partial charge in [0.2, 0.25) is 0 Å². The van der Waals surface area contributed by atoms with Gasteiger partial charge in [0, 0.05) is 24.2 Å². The van der Waals surface area contributed by atoms with Crippen LogP contribution in [-0.4, -0.2) is 28.0 Å². The number of pyridine rings is 1. The van der Waals surface area contributed by atoms with Crippen LogP contribution < -0.4 is 15.6 Å². The highest BCUT2D eigenvalue weighted by Gasteiger charge is 2.18. The number of H-pyrrole nitrogens is 1. The fourth-order valence-corrected chi connectivity index (χ4v) is 3.39. The van der Waals surface area contributed by atoms with E-state index in [9.17, 15) is 9.59 Å². The first-order valence-corrected chi connectivity index (χ1v) is 10.1. The summed E-state index contributed by atoms with van der Waals surface area (Å²) in [4.78, 5) is 36.8. The van der Waals surface area contributed by atoms with Crippen LogP contribution in [0.25, 0.3) is 11.5 Å². The molecule has 0 radical (unpaired) electrons. The van der Waals surface area contributed by atoms with Gasteiger partial charge in [-0.3, -0.25) is 14.6 Å². The van der Waals surface area contributed by atoms with Gasteiger partial charge in [0.05, 0.1) is 18.8 Å². The van der Waals surface area contributed by atoms with Crippen molar-refractivity contribution in [2.75, 3.05) is 7.11 Å². The van der Waals surface area contributed by atoms with E-state index in [0.29, 0.717) is 34.9 Å². The fraction of sp³-hybridized carbons (Fsp3) is 0.120. The van der Waals surface area contributed by atoms with Crippen molar-refractivity contribution in [3.8, 4) is 17.3 Å². The molecule has 4 aromatic rings. The monoisotopic (exact) mass is 426 g/mol. The van der Waals surface area contributed by atoms with Crippen molar-refractivity contribution in [3.05, 3.63) is 112 Å². The molecule has 0 fully saturated rings. The molecule has 0 unspecified atom stereocenters. The minimum Gasteiger partial charge on any atom is -0.497 e. The van der Waals surface area contributed by atoms with Gasteiger partial charge in [0.25, 0.3) is 11.5 Å². The van der Waals surface area contributed by atoms with Crippen molar-refractivity contribution in [2.45, 2.75) is 12.5 Å². The van der Waals surface area contributed by atoms with Gasteiger partial charge >= 0.3 is 0 Å². The molecule has 0 aliphatic heterocycles. The first kappa shape index (κ1) is 21.0. The summed E-state index contributed by atoms with van der Waals surface area (Å²) in [6.45, 7) is 0. The Morgan fingerprint density at radius 3 is 2.59 bits per heavy atom. The Bertz CT molecular complexity index is 1260. The topological polar surface area (TPSA) is 97.0 Å². The van der Waals surface area contributed by atoms with Crippen LogP contribution in [0.2, 0.25) is 0 Å². The van der Waals surface area contributed by atoms with Crippen molar-refractivity contribution < 1.29 is 9.53 Å².